The second-order valence-corrected chi connectivity index (χ2v) is 6.84. The molecule has 106 valence electrons. The van der Waals surface area contributed by atoms with Crippen molar-refractivity contribution in [2.45, 2.75) is 18.0 Å². The maximum atomic E-state index is 12.1. The Balaban J connectivity index is 2.13. The van der Waals surface area contributed by atoms with Gasteiger partial charge in [0.05, 0.1) is 11.5 Å². The first-order chi connectivity index (χ1) is 9.53. The maximum absolute atomic E-state index is 12.1. The van der Waals surface area contributed by atoms with E-state index in [1.165, 1.54) is 12.1 Å². The number of hydrogen-bond acceptors (Lipinski definition) is 3. The summed E-state index contributed by atoms with van der Waals surface area (Å²) in [5.41, 5.74) is 1.54. The Morgan fingerprint density at radius 2 is 1.70 bits per heavy atom. The fourth-order valence-corrected chi connectivity index (χ4v) is 3.10. The van der Waals surface area contributed by atoms with Crippen LogP contribution in [-0.4, -0.2) is 13.5 Å². The first kappa shape index (κ1) is 15.2. The van der Waals surface area contributed by atoms with E-state index in [9.17, 15) is 8.42 Å². The Bertz CT molecular complexity index is 684. The quantitative estimate of drug-likeness (QED) is 0.865. The molecule has 0 saturated heterocycles. The number of halogens is 1. The lowest BCUT2D eigenvalue weighted by atomic mass is 10.2. The van der Waals surface area contributed by atoms with Gasteiger partial charge in [0.15, 0.2) is 0 Å². The molecule has 0 aliphatic rings. The number of nitrogens with one attached hydrogen (secondary N) is 1. The van der Waals surface area contributed by atoms with Gasteiger partial charge in [0, 0.05) is 11.0 Å². The van der Waals surface area contributed by atoms with Crippen LogP contribution in [0, 0.1) is 0 Å². The molecule has 0 unspecified atom stereocenters. The zero-order valence-electron chi connectivity index (χ0n) is 10.6. The van der Waals surface area contributed by atoms with Crippen molar-refractivity contribution < 1.29 is 13.5 Å². The number of benzene rings is 2. The fraction of sp³-hybridized carbons (Fsp3) is 0.143. The molecule has 0 aliphatic carbocycles. The van der Waals surface area contributed by atoms with Gasteiger partial charge in [-0.25, -0.2) is 13.1 Å². The van der Waals surface area contributed by atoms with Crippen molar-refractivity contribution in [3.05, 3.63) is 64.1 Å². The normalized spacial score (nSPS) is 11.5. The van der Waals surface area contributed by atoms with E-state index in [4.69, 9.17) is 5.11 Å². The largest absolute Gasteiger partial charge is 0.392 e. The molecule has 0 aliphatic heterocycles. The van der Waals surface area contributed by atoms with Gasteiger partial charge < -0.3 is 5.11 Å². The number of rotatable bonds is 5. The minimum atomic E-state index is -3.55. The molecule has 2 aromatic rings. The van der Waals surface area contributed by atoms with E-state index in [1.807, 2.05) is 24.3 Å². The summed E-state index contributed by atoms with van der Waals surface area (Å²) >= 11 is 3.38. The summed E-state index contributed by atoms with van der Waals surface area (Å²) in [5.74, 6) is 0. The Kier molecular flexibility index (Phi) is 4.93. The van der Waals surface area contributed by atoms with Crippen LogP contribution in [-0.2, 0) is 23.2 Å². The SMILES string of the molecule is O=S(=O)(NCc1ccccc1Br)c1ccc(CO)cc1. The van der Waals surface area contributed by atoms with Crippen molar-refractivity contribution in [3.8, 4) is 0 Å². The summed E-state index contributed by atoms with van der Waals surface area (Å²) in [6, 6.07) is 13.6. The molecule has 0 bridgehead atoms. The van der Waals surface area contributed by atoms with E-state index in [1.54, 1.807) is 12.1 Å². The van der Waals surface area contributed by atoms with Crippen LogP contribution < -0.4 is 4.72 Å². The smallest absolute Gasteiger partial charge is 0.240 e. The molecule has 0 amide bonds. The molecule has 0 fully saturated rings. The Labute approximate surface area is 126 Å². The van der Waals surface area contributed by atoms with Gasteiger partial charge in [-0.05, 0) is 29.3 Å². The predicted octanol–water partition coefficient (Wildman–Crippen LogP) is 2.42. The molecular weight excluding hydrogens is 342 g/mol. The second-order valence-electron chi connectivity index (χ2n) is 4.22. The first-order valence-corrected chi connectivity index (χ1v) is 8.23. The van der Waals surface area contributed by atoms with Crippen LogP contribution in [0.15, 0.2) is 57.9 Å². The third kappa shape index (κ3) is 3.67. The number of aliphatic hydroxyl groups excluding tert-OH is 1. The summed E-state index contributed by atoms with van der Waals surface area (Å²) in [6.07, 6.45) is 0. The molecule has 0 radical (unpaired) electrons. The summed E-state index contributed by atoms with van der Waals surface area (Å²) in [4.78, 5) is 0.182. The summed E-state index contributed by atoms with van der Waals surface area (Å²) in [6.45, 7) is 0.107. The lowest BCUT2D eigenvalue weighted by molar-refractivity contribution is 0.282. The minimum absolute atomic E-state index is 0.106. The zero-order valence-corrected chi connectivity index (χ0v) is 13.0. The van der Waals surface area contributed by atoms with Crippen LogP contribution in [0.4, 0.5) is 0 Å². The fourth-order valence-electron chi connectivity index (χ4n) is 1.67. The summed E-state index contributed by atoms with van der Waals surface area (Å²) in [5, 5.41) is 8.94. The van der Waals surface area contributed by atoms with E-state index in [0.29, 0.717) is 5.56 Å². The van der Waals surface area contributed by atoms with Gasteiger partial charge in [-0.2, -0.15) is 0 Å². The summed E-state index contributed by atoms with van der Waals surface area (Å²) < 4.78 is 27.7. The van der Waals surface area contributed by atoms with E-state index < -0.39 is 10.0 Å². The highest BCUT2D eigenvalue weighted by Crippen LogP contribution is 2.17. The van der Waals surface area contributed by atoms with Crippen LogP contribution in [0.5, 0.6) is 0 Å². The lowest BCUT2D eigenvalue weighted by Crippen LogP contribution is -2.23. The van der Waals surface area contributed by atoms with Crippen molar-refractivity contribution in [3.63, 3.8) is 0 Å². The predicted molar refractivity (Wildman–Crippen MR) is 80.5 cm³/mol. The molecule has 6 heteroatoms. The highest BCUT2D eigenvalue weighted by atomic mass is 79.9. The molecule has 4 nitrogen and oxygen atoms in total. The summed E-state index contributed by atoms with van der Waals surface area (Å²) in [7, 11) is -3.55. The minimum Gasteiger partial charge on any atom is -0.392 e. The average Bonchev–Trinajstić information content (AvgIpc) is 2.46. The molecule has 0 atom stereocenters. The van der Waals surface area contributed by atoms with Gasteiger partial charge in [0.2, 0.25) is 10.0 Å². The van der Waals surface area contributed by atoms with E-state index in [0.717, 1.165) is 10.0 Å². The highest BCUT2D eigenvalue weighted by Gasteiger charge is 2.13. The molecule has 2 rings (SSSR count). The van der Waals surface area contributed by atoms with E-state index >= 15 is 0 Å². The van der Waals surface area contributed by atoms with Crippen molar-refractivity contribution >= 4 is 26.0 Å². The monoisotopic (exact) mass is 355 g/mol. The number of hydrogen-bond donors (Lipinski definition) is 2. The van der Waals surface area contributed by atoms with Gasteiger partial charge in [-0.15, -0.1) is 0 Å². The van der Waals surface area contributed by atoms with Crippen molar-refractivity contribution in [2.24, 2.45) is 0 Å². The Morgan fingerprint density at radius 3 is 2.30 bits per heavy atom. The number of aliphatic hydroxyl groups is 1. The van der Waals surface area contributed by atoms with Crippen molar-refractivity contribution in [1.82, 2.24) is 4.72 Å². The Hall–Kier alpha value is -1.21. The molecule has 2 aromatic carbocycles. The van der Waals surface area contributed by atoms with Gasteiger partial charge in [0.25, 0.3) is 0 Å². The maximum Gasteiger partial charge on any atom is 0.240 e. The molecule has 0 spiro atoms. The average molecular weight is 356 g/mol. The van der Waals surface area contributed by atoms with E-state index in [2.05, 4.69) is 20.7 Å². The molecular formula is C14H14BrNO3S. The standard InChI is InChI=1S/C14H14BrNO3S/c15-14-4-2-1-3-12(14)9-16-20(18,19)13-7-5-11(10-17)6-8-13/h1-8,16-17H,9-10H2. The third-order valence-electron chi connectivity index (χ3n) is 2.83. The lowest BCUT2D eigenvalue weighted by Gasteiger charge is -2.08. The van der Waals surface area contributed by atoms with Crippen molar-refractivity contribution in [1.29, 1.82) is 0 Å². The Morgan fingerprint density at radius 1 is 1.05 bits per heavy atom. The number of sulfonamides is 1. The van der Waals surface area contributed by atoms with Crippen LogP contribution >= 0.6 is 15.9 Å². The van der Waals surface area contributed by atoms with Gasteiger partial charge in [-0.3, -0.25) is 0 Å². The van der Waals surface area contributed by atoms with E-state index in [-0.39, 0.29) is 18.0 Å². The molecule has 2 N–H and O–H groups in total. The van der Waals surface area contributed by atoms with Crippen LogP contribution in [0.2, 0.25) is 0 Å². The first-order valence-electron chi connectivity index (χ1n) is 5.96. The topological polar surface area (TPSA) is 66.4 Å². The van der Waals surface area contributed by atoms with Crippen LogP contribution in [0.25, 0.3) is 0 Å². The molecule has 20 heavy (non-hydrogen) atoms. The van der Waals surface area contributed by atoms with Gasteiger partial charge in [0.1, 0.15) is 0 Å². The highest BCUT2D eigenvalue weighted by molar-refractivity contribution is 9.10. The van der Waals surface area contributed by atoms with Gasteiger partial charge in [-0.1, -0.05) is 46.3 Å². The third-order valence-corrected chi connectivity index (χ3v) is 5.02. The molecule has 0 aromatic heterocycles. The second kappa shape index (κ2) is 6.49. The zero-order chi connectivity index (χ0) is 14.6. The molecule has 0 heterocycles. The van der Waals surface area contributed by atoms with Crippen LogP contribution in [0.1, 0.15) is 11.1 Å². The molecule has 0 saturated carbocycles. The van der Waals surface area contributed by atoms with Crippen LogP contribution in [0.3, 0.4) is 0 Å². The van der Waals surface area contributed by atoms with Crippen molar-refractivity contribution in [2.75, 3.05) is 0 Å². The van der Waals surface area contributed by atoms with Gasteiger partial charge >= 0.3 is 0 Å².